The van der Waals surface area contributed by atoms with Gasteiger partial charge in [-0.15, -0.1) is 0 Å². The lowest BCUT2D eigenvalue weighted by Crippen LogP contribution is -2.25. The lowest BCUT2D eigenvalue weighted by atomic mass is 9.92. The van der Waals surface area contributed by atoms with Crippen LogP contribution in [0.3, 0.4) is 0 Å². The third-order valence-corrected chi connectivity index (χ3v) is 5.17. The summed E-state index contributed by atoms with van der Waals surface area (Å²) in [5.41, 5.74) is 5.21. The molecule has 4 nitrogen and oxygen atoms in total. The molecule has 0 amide bonds. The van der Waals surface area contributed by atoms with E-state index in [4.69, 9.17) is 4.74 Å². The van der Waals surface area contributed by atoms with Crippen LogP contribution >= 0.6 is 0 Å². The standard InChI is InChI=1S/C22H25N3O/c1-26-22-13-6-5-10-18(22)14-23-20-11-7-12-21-19(20)15-24-25(21)16-17-8-3-2-4-9-17/h2-6,8-10,13,15,20,23H,7,11-12,14,16H2,1H3/t20-/m0/s1. The van der Waals surface area contributed by atoms with Gasteiger partial charge in [-0.05, 0) is 30.9 Å². The van der Waals surface area contributed by atoms with Gasteiger partial charge in [-0.1, -0.05) is 48.5 Å². The van der Waals surface area contributed by atoms with E-state index in [1.807, 2.05) is 12.1 Å². The van der Waals surface area contributed by atoms with Crippen molar-refractivity contribution in [2.75, 3.05) is 7.11 Å². The second kappa shape index (κ2) is 7.75. The monoisotopic (exact) mass is 347 g/mol. The first-order valence-corrected chi connectivity index (χ1v) is 9.29. The van der Waals surface area contributed by atoms with Gasteiger partial charge >= 0.3 is 0 Å². The van der Waals surface area contributed by atoms with Gasteiger partial charge in [0.05, 0.1) is 19.9 Å². The first-order chi connectivity index (χ1) is 12.8. The van der Waals surface area contributed by atoms with Crippen molar-refractivity contribution in [3.8, 4) is 5.75 Å². The second-order valence-corrected chi connectivity index (χ2v) is 6.83. The summed E-state index contributed by atoms with van der Waals surface area (Å²) in [5.74, 6) is 0.941. The fourth-order valence-electron chi connectivity index (χ4n) is 3.81. The molecule has 0 saturated heterocycles. The lowest BCUT2D eigenvalue weighted by molar-refractivity contribution is 0.400. The number of para-hydroxylation sites is 1. The molecule has 1 atom stereocenters. The van der Waals surface area contributed by atoms with E-state index in [9.17, 15) is 0 Å². The van der Waals surface area contributed by atoms with Crippen molar-refractivity contribution in [2.24, 2.45) is 0 Å². The molecule has 4 heteroatoms. The van der Waals surface area contributed by atoms with Crippen LogP contribution in [0.1, 0.15) is 41.3 Å². The lowest BCUT2D eigenvalue weighted by Gasteiger charge is -2.25. The highest BCUT2D eigenvalue weighted by Crippen LogP contribution is 2.30. The largest absolute Gasteiger partial charge is 0.496 e. The minimum atomic E-state index is 0.355. The molecule has 0 spiro atoms. The summed E-state index contributed by atoms with van der Waals surface area (Å²) in [6.45, 7) is 1.65. The molecule has 0 fully saturated rings. The third-order valence-electron chi connectivity index (χ3n) is 5.17. The fourth-order valence-corrected chi connectivity index (χ4v) is 3.81. The van der Waals surface area contributed by atoms with Gasteiger partial charge in [0.25, 0.3) is 0 Å². The van der Waals surface area contributed by atoms with Crippen LogP contribution in [0.25, 0.3) is 0 Å². The van der Waals surface area contributed by atoms with Crippen molar-refractivity contribution in [3.63, 3.8) is 0 Å². The van der Waals surface area contributed by atoms with Crippen LogP contribution < -0.4 is 10.1 Å². The highest BCUT2D eigenvalue weighted by Gasteiger charge is 2.24. The summed E-state index contributed by atoms with van der Waals surface area (Å²) in [5, 5.41) is 8.40. The SMILES string of the molecule is COc1ccccc1CN[C@H]1CCCc2c1cnn2Cc1ccccc1. The number of rotatable bonds is 6. The Hall–Kier alpha value is -2.59. The van der Waals surface area contributed by atoms with Gasteiger partial charge in [0.1, 0.15) is 5.75 Å². The Kier molecular flexibility index (Phi) is 5.02. The van der Waals surface area contributed by atoms with E-state index in [0.29, 0.717) is 6.04 Å². The zero-order valence-electron chi connectivity index (χ0n) is 15.2. The minimum Gasteiger partial charge on any atom is -0.496 e. The maximum atomic E-state index is 5.47. The Balaban J connectivity index is 1.49. The molecule has 4 rings (SSSR count). The molecule has 0 bridgehead atoms. The number of aromatic nitrogens is 2. The smallest absolute Gasteiger partial charge is 0.123 e. The highest BCUT2D eigenvalue weighted by molar-refractivity contribution is 5.33. The predicted octanol–water partition coefficient (Wildman–Crippen LogP) is 4.11. The summed E-state index contributed by atoms with van der Waals surface area (Å²) >= 11 is 0. The van der Waals surface area contributed by atoms with Crippen LogP contribution in [-0.2, 0) is 19.5 Å². The molecule has 26 heavy (non-hydrogen) atoms. The van der Waals surface area contributed by atoms with Crippen LogP contribution in [0.2, 0.25) is 0 Å². The fraction of sp³-hybridized carbons (Fsp3) is 0.318. The van der Waals surface area contributed by atoms with E-state index < -0.39 is 0 Å². The number of nitrogens with zero attached hydrogens (tertiary/aromatic N) is 2. The van der Waals surface area contributed by atoms with Crippen molar-refractivity contribution in [1.29, 1.82) is 0 Å². The number of benzene rings is 2. The predicted molar refractivity (Wildman–Crippen MR) is 103 cm³/mol. The highest BCUT2D eigenvalue weighted by atomic mass is 16.5. The molecule has 1 aliphatic carbocycles. The maximum Gasteiger partial charge on any atom is 0.123 e. The molecule has 0 unspecified atom stereocenters. The molecule has 0 aliphatic heterocycles. The third kappa shape index (κ3) is 3.51. The Bertz CT molecular complexity index is 857. The Labute approximate surface area is 154 Å². The second-order valence-electron chi connectivity index (χ2n) is 6.83. The molecule has 1 aliphatic rings. The number of ether oxygens (including phenoxy) is 1. The van der Waals surface area contributed by atoms with Crippen LogP contribution in [-0.4, -0.2) is 16.9 Å². The Morgan fingerprint density at radius 3 is 2.77 bits per heavy atom. The van der Waals surface area contributed by atoms with E-state index in [0.717, 1.165) is 31.7 Å². The average Bonchev–Trinajstić information content (AvgIpc) is 3.11. The zero-order chi connectivity index (χ0) is 17.8. The van der Waals surface area contributed by atoms with E-state index >= 15 is 0 Å². The first-order valence-electron chi connectivity index (χ1n) is 9.29. The van der Waals surface area contributed by atoms with Gasteiger partial charge < -0.3 is 10.1 Å². The van der Waals surface area contributed by atoms with E-state index in [-0.39, 0.29) is 0 Å². The van der Waals surface area contributed by atoms with E-state index in [1.54, 1.807) is 7.11 Å². The number of nitrogens with one attached hydrogen (secondary N) is 1. The van der Waals surface area contributed by atoms with E-state index in [1.165, 1.54) is 28.8 Å². The van der Waals surface area contributed by atoms with Gasteiger partial charge in [-0.25, -0.2) is 0 Å². The van der Waals surface area contributed by atoms with Gasteiger partial charge in [-0.2, -0.15) is 5.10 Å². The molecule has 2 aromatic carbocycles. The van der Waals surface area contributed by atoms with Crippen LogP contribution in [0, 0.1) is 0 Å². The van der Waals surface area contributed by atoms with Crippen LogP contribution in [0.5, 0.6) is 5.75 Å². The Morgan fingerprint density at radius 1 is 1.12 bits per heavy atom. The van der Waals surface area contributed by atoms with Crippen molar-refractivity contribution >= 4 is 0 Å². The molecule has 0 saturated carbocycles. The van der Waals surface area contributed by atoms with Crippen LogP contribution in [0.4, 0.5) is 0 Å². The summed E-state index contributed by atoms with van der Waals surface area (Å²) in [7, 11) is 1.73. The zero-order valence-corrected chi connectivity index (χ0v) is 15.2. The number of hydrogen-bond donors (Lipinski definition) is 1. The summed E-state index contributed by atoms with van der Waals surface area (Å²) < 4.78 is 7.64. The van der Waals surface area contributed by atoms with E-state index in [2.05, 4.69) is 63.8 Å². The van der Waals surface area contributed by atoms with Gasteiger partial charge in [0.2, 0.25) is 0 Å². The summed E-state index contributed by atoms with van der Waals surface area (Å²) in [4.78, 5) is 0. The molecule has 134 valence electrons. The molecule has 0 radical (unpaired) electrons. The molecule has 1 aromatic heterocycles. The van der Waals surface area contributed by atoms with Gasteiger partial charge in [0.15, 0.2) is 0 Å². The molecular formula is C22H25N3O. The number of hydrogen-bond acceptors (Lipinski definition) is 3. The topological polar surface area (TPSA) is 39.1 Å². The summed E-state index contributed by atoms with van der Waals surface area (Å²) in [6.07, 6.45) is 5.50. The molecule has 1 heterocycles. The molecular weight excluding hydrogens is 322 g/mol. The van der Waals surface area contributed by atoms with Crippen molar-refractivity contribution < 1.29 is 4.74 Å². The number of methoxy groups -OCH3 is 1. The Morgan fingerprint density at radius 2 is 1.92 bits per heavy atom. The first kappa shape index (κ1) is 16.9. The van der Waals surface area contributed by atoms with Crippen LogP contribution in [0.15, 0.2) is 60.8 Å². The van der Waals surface area contributed by atoms with Gasteiger partial charge in [-0.3, -0.25) is 4.68 Å². The minimum absolute atomic E-state index is 0.355. The normalized spacial score (nSPS) is 16.3. The van der Waals surface area contributed by atoms with Gasteiger partial charge in [0, 0.05) is 29.4 Å². The van der Waals surface area contributed by atoms with Crippen molar-refractivity contribution in [3.05, 3.63) is 83.2 Å². The summed E-state index contributed by atoms with van der Waals surface area (Å²) in [6, 6.07) is 19.1. The molecule has 3 aromatic rings. The molecule has 1 N–H and O–H groups in total. The van der Waals surface area contributed by atoms with Crippen molar-refractivity contribution in [1.82, 2.24) is 15.1 Å². The number of fused-ring (bicyclic) bond motifs is 1. The average molecular weight is 347 g/mol. The maximum absolute atomic E-state index is 5.47. The quantitative estimate of drug-likeness (QED) is 0.729. The van der Waals surface area contributed by atoms with Crippen molar-refractivity contribution in [2.45, 2.75) is 38.4 Å².